The van der Waals surface area contributed by atoms with Crippen LogP contribution in [-0.4, -0.2) is 42.7 Å². The Bertz CT molecular complexity index is 407. The summed E-state index contributed by atoms with van der Waals surface area (Å²) < 4.78 is 4.99. The molecule has 2 atom stereocenters. The third-order valence-corrected chi connectivity index (χ3v) is 3.28. The summed E-state index contributed by atoms with van der Waals surface area (Å²) in [6.07, 6.45) is 4.54. The van der Waals surface area contributed by atoms with E-state index in [0.717, 1.165) is 38.0 Å². The number of carbonyl (C=O) groups excluding carboxylic acids is 1. The van der Waals surface area contributed by atoms with E-state index in [2.05, 4.69) is 22.5 Å². The molecule has 110 valence electrons. The zero-order valence-corrected chi connectivity index (χ0v) is 12.0. The fourth-order valence-electron chi connectivity index (χ4n) is 2.11. The number of nitrogens with zero attached hydrogens (tertiary/aromatic N) is 1. The second-order valence-electron chi connectivity index (χ2n) is 5.09. The lowest BCUT2D eigenvalue weighted by atomic mass is 10.1. The van der Waals surface area contributed by atoms with Crippen molar-refractivity contribution in [2.24, 2.45) is 0 Å². The van der Waals surface area contributed by atoms with Gasteiger partial charge in [-0.3, -0.25) is 9.78 Å². The lowest BCUT2D eigenvalue weighted by Crippen LogP contribution is -2.44. The van der Waals surface area contributed by atoms with Gasteiger partial charge in [0, 0.05) is 37.4 Å². The van der Waals surface area contributed by atoms with E-state index in [-0.39, 0.29) is 18.1 Å². The highest BCUT2D eigenvalue weighted by Gasteiger charge is 2.32. The fourth-order valence-corrected chi connectivity index (χ4v) is 2.11. The van der Waals surface area contributed by atoms with Crippen LogP contribution in [0.4, 0.5) is 0 Å². The molecule has 5 nitrogen and oxygen atoms in total. The minimum absolute atomic E-state index is 0.0231. The van der Waals surface area contributed by atoms with Gasteiger partial charge >= 0.3 is 0 Å². The van der Waals surface area contributed by atoms with Gasteiger partial charge in [-0.1, -0.05) is 19.4 Å². The molecule has 1 aromatic rings. The summed E-state index contributed by atoms with van der Waals surface area (Å²) in [6.45, 7) is 4.35. The monoisotopic (exact) mass is 277 g/mol. The Morgan fingerprint density at radius 1 is 1.55 bits per heavy atom. The molecule has 1 aliphatic rings. The smallest absolute Gasteiger partial charge is 0.251 e. The predicted molar refractivity (Wildman–Crippen MR) is 77.4 cm³/mol. The molecule has 0 radical (unpaired) electrons. The van der Waals surface area contributed by atoms with Gasteiger partial charge in [0.05, 0.1) is 6.61 Å². The molecule has 1 amide bonds. The Labute approximate surface area is 120 Å². The molecule has 1 aromatic heterocycles. The summed E-state index contributed by atoms with van der Waals surface area (Å²) in [5, 5.41) is 6.42. The molecule has 1 unspecified atom stereocenters. The molecule has 2 rings (SSSR count). The number of hydrogen-bond acceptors (Lipinski definition) is 4. The van der Waals surface area contributed by atoms with Crippen LogP contribution in [-0.2, 0) is 16.0 Å². The predicted octanol–water partition coefficient (Wildman–Crippen LogP) is 0.897. The van der Waals surface area contributed by atoms with Gasteiger partial charge < -0.3 is 15.4 Å². The van der Waals surface area contributed by atoms with Gasteiger partial charge in [-0.2, -0.15) is 0 Å². The largest absolute Gasteiger partial charge is 0.363 e. The van der Waals surface area contributed by atoms with Crippen LogP contribution in [0.1, 0.15) is 25.5 Å². The van der Waals surface area contributed by atoms with Crippen molar-refractivity contribution in [3.05, 3.63) is 30.1 Å². The first-order valence-electron chi connectivity index (χ1n) is 7.32. The van der Waals surface area contributed by atoms with Crippen LogP contribution in [0.5, 0.6) is 0 Å². The molecular weight excluding hydrogens is 254 g/mol. The third-order valence-electron chi connectivity index (χ3n) is 3.28. The summed E-state index contributed by atoms with van der Waals surface area (Å²) in [7, 11) is 0. The summed E-state index contributed by atoms with van der Waals surface area (Å²) in [5.41, 5.74) is 1.09. The normalized spacial score (nSPS) is 18.6. The summed E-state index contributed by atoms with van der Waals surface area (Å²) >= 11 is 0. The molecule has 0 aliphatic carbocycles. The van der Waals surface area contributed by atoms with Crippen molar-refractivity contribution in [3.63, 3.8) is 0 Å². The van der Waals surface area contributed by atoms with Gasteiger partial charge in [0.15, 0.2) is 6.10 Å². The van der Waals surface area contributed by atoms with Crippen molar-refractivity contribution in [1.29, 1.82) is 0 Å². The molecule has 20 heavy (non-hydrogen) atoms. The van der Waals surface area contributed by atoms with E-state index in [0.29, 0.717) is 6.61 Å². The highest BCUT2D eigenvalue weighted by Crippen LogP contribution is 2.09. The lowest BCUT2D eigenvalue weighted by molar-refractivity contribution is -0.123. The maximum absolute atomic E-state index is 11.7. The van der Waals surface area contributed by atoms with E-state index in [9.17, 15) is 4.79 Å². The Hall–Kier alpha value is -1.46. The Morgan fingerprint density at radius 2 is 2.40 bits per heavy atom. The average molecular weight is 277 g/mol. The van der Waals surface area contributed by atoms with E-state index >= 15 is 0 Å². The molecule has 5 heteroatoms. The van der Waals surface area contributed by atoms with Gasteiger partial charge in [-0.05, 0) is 18.6 Å². The number of carbonyl (C=O) groups is 1. The number of hydrogen-bond donors (Lipinski definition) is 2. The van der Waals surface area contributed by atoms with Crippen LogP contribution >= 0.6 is 0 Å². The quantitative estimate of drug-likeness (QED) is 0.520. The lowest BCUT2D eigenvalue weighted by Gasteiger charge is -2.18. The molecule has 1 fully saturated rings. The first-order valence-corrected chi connectivity index (χ1v) is 7.32. The van der Waals surface area contributed by atoms with Gasteiger partial charge in [0.2, 0.25) is 0 Å². The topological polar surface area (TPSA) is 66.5 Å². The third kappa shape index (κ3) is 5.27. The molecule has 0 saturated carbocycles. The SMILES string of the molecule is CCC[C@@H](CNCCc1ccccn1)NC(=O)C1CO1. The summed E-state index contributed by atoms with van der Waals surface area (Å²) in [6, 6.07) is 6.12. The Kier molecular flexibility index (Phi) is 5.95. The van der Waals surface area contributed by atoms with Crippen LogP contribution in [0.15, 0.2) is 24.4 Å². The number of epoxide rings is 1. The maximum atomic E-state index is 11.7. The van der Waals surface area contributed by atoms with E-state index < -0.39 is 0 Å². The maximum Gasteiger partial charge on any atom is 0.251 e. The van der Waals surface area contributed by atoms with Crippen LogP contribution in [0.2, 0.25) is 0 Å². The van der Waals surface area contributed by atoms with Gasteiger partial charge in [0.25, 0.3) is 5.91 Å². The van der Waals surface area contributed by atoms with Crippen molar-refractivity contribution >= 4 is 5.91 Å². The summed E-state index contributed by atoms with van der Waals surface area (Å²) in [4.78, 5) is 16.0. The number of rotatable bonds is 9. The van der Waals surface area contributed by atoms with Crippen molar-refractivity contribution in [2.45, 2.75) is 38.3 Å². The van der Waals surface area contributed by atoms with E-state index in [1.165, 1.54) is 0 Å². The summed E-state index contributed by atoms with van der Waals surface area (Å²) in [5.74, 6) is 0.0231. The molecule has 2 heterocycles. The van der Waals surface area contributed by atoms with E-state index in [1.807, 2.05) is 24.4 Å². The average Bonchev–Trinajstić information content (AvgIpc) is 3.29. The second-order valence-corrected chi connectivity index (χ2v) is 5.09. The second kappa shape index (κ2) is 7.97. The molecule has 1 aliphatic heterocycles. The molecular formula is C15H23N3O2. The van der Waals surface area contributed by atoms with E-state index in [4.69, 9.17) is 4.74 Å². The minimum Gasteiger partial charge on any atom is -0.363 e. The van der Waals surface area contributed by atoms with Crippen molar-refractivity contribution in [3.8, 4) is 0 Å². The number of aromatic nitrogens is 1. The Morgan fingerprint density at radius 3 is 3.05 bits per heavy atom. The van der Waals surface area contributed by atoms with Crippen LogP contribution in [0.25, 0.3) is 0 Å². The zero-order chi connectivity index (χ0) is 14.2. The number of amides is 1. The van der Waals surface area contributed by atoms with Crippen molar-refractivity contribution in [1.82, 2.24) is 15.6 Å². The standard InChI is InChI=1S/C15H23N3O2/c1-2-5-13(18-15(19)14-11-20-14)10-16-9-7-12-6-3-4-8-17-12/h3-4,6,8,13-14,16H,2,5,7,9-11H2,1H3,(H,18,19)/t13-,14?/m0/s1. The van der Waals surface area contributed by atoms with Crippen LogP contribution < -0.4 is 10.6 Å². The van der Waals surface area contributed by atoms with E-state index in [1.54, 1.807) is 0 Å². The number of pyridine rings is 1. The highest BCUT2D eigenvalue weighted by atomic mass is 16.6. The zero-order valence-electron chi connectivity index (χ0n) is 12.0. The fraction of sp³-hybridized carbons (Fsp3) is 0.600. The van der Waals surface area contributed by atoms with Crippen LogP contribution in [0.3, 0.4) is 0 Å². The van der Waals surface area contributed by atoms with Crippen molar-refractivity contribution < 1.29 is 9.53 Å². The minimum atomic E-state index is -0.206. The van der Waals surface area contributed by atoms with Gasteiger partial charge in [-0.25, -0.2) is 0 Å². The molecule has 2 N–H and O–H groups in total. The van der Waals surface area contributed by atoms with Gasteiger partial charge in [0.1, 0.15) is 0 Å². The molecule has 0 aromatic carbocycles. The first kappa shape index (κ1) is 14.9. The van der Waals surface area contributed by atoms with Crippen molar-refractivity contribution in [2.75, 3.05) is 19.7 Å². The first-order chi connectivity index (χ1) is 9.79. The molecule has 0 spiro atoms. The van der Waals surface area contributed by atoms with Gasteiger partial charge in [-0.15, -0.1) is 0 Å². The molecule has 0 bridgehead atoms. The number of nitrogens with one attached hydrogen (secondary N) is 2. The highest BCUT2D eigenvalue weighted by molar-refractivity contribution is 5.83. The number of ether oxygens (including phenoxy) is 1. The molecule has 1 saturated heterocycles. The Balaban J connectivity index is 1.64. The van der Waals surface area contributed by atoms with Crippen LogP contribution in [0, 0.1) is 0 Å².